The van der Waals surface area contributed by atoms with Gasteiger partial charge in [0, 0.05) is 11.5 Å². The molecule has 0 atom stereocenters. The maximum atomic E-state index is 12.4. The summed E-state index contributed by atoms with van der Waals surface area (Å²) < 4.78 is 30.5. The van der Waals surface area contributed by atoms with Crippen molar-refractivity contribution < 1.29 is 12.6 Å². The summed E-state index contributed by atoms with van der Waals surface area (Å²) in [6.07, 6.45) is 0. The Morgan fingerprint density at radius 2 is 1.87 bits per heavy atom. The van der Waals surface area contributed by atoms with E-state index in [0.717, 1.165) is 0 Å². The van der Waals surface area contributed by atoms with Crippen molar-refractivity contribution >= 4 is 44.4 Å². The molecule has 0 saturated heterocycles. The van der Waals surface area contributed by atoms with E-state index >= 15 is 0 Å². The minimum absolute atomic E-state index is 0.0121. The monoisotopic (exact) mass is 367 g/mol. The Morgan fingerprint density at radius 1 is 1.13 bits per heavy atom. The molecule has 0 amide bonds. The van der Waals surface area contributed by atoms with E-state index in [1.165, 1.54) is 24.3 Å². The topological polar surface area (TPSA) is 85.0 Å². The van der Waals surface area contributed by atoms with E-state index in [-0.39, 0.29) is 27.0 Å². The molecule has 0 radical (unpaired) electrons. The van der Waals surface area contributed by atoms with Crippen LogP contribution in [0.15, 0.2) is 42.5 Å². The van der Waals surface area contributed by atoms with E-state index in [4.69, 9.17) is 32.6 Å². The van der Waals surface area contributed by atoms with E-state index in [9.17, 15) is 8.42 Å². The molecule has 0 spiro atoms. The lowest BCUT2D eigenvalue weighted by Gasteiger charge is -2.08. The number of hydrogen-bond acceptors (Lipinski definition) is 5. The van der Waals surface area contributed by atoms with Crippen LogP contribution in [-0.4, -0.2) is 17.6 Å². The van der Waals surface area contributed by atoms with Crippen molar-refractivity contribution in [2.75, 3.05) is 0 Å². The fraction of sp³-hybridized carbons (Fsp3) is 0. The molecule has 0 aliphatic carbocycles. The second-order valence-corrected chi connectivity index (χ2v) is 6.62. The van der Waals surface area contributed by atoms with Gasteiger partial charge in [0.15, 0.2) is 5.69 Å². The maximum Gasteiger partial charge on any atom is 0.429 e. The van der Waals surface area contributed by atoms with Gasteiger partial charge in [-0.15, -0.1) is 9.19 Å². The Hall–Kier alpha value is -2.27. The Bertz CT molecular complexity index is 1050. The molecule has 0 unspecified atom stereocenters. The SMILES string of the molecule is N#Cc1nn(S(=O)(=O)Oc2ccc(Cl)c(Cl)c2)c2ccccc12. The van der Waals surface area contributed by atoms with Crippen molar-refractivity contribution in [3.63, 3.8) is 0 Å². The third-order valence-electron chi connectivity index (χ3n) is 2.97. The molecular formula is C14H7Cl2N3O3S. The number of rotatable bonds is 3. The van der Waals surface area contributed by atoms with Crippen LogP contribution in [0.5, 0.6) is 5.75 Å². The van der Waals surface area contributed by atoms with Crippen LogP contribution >= 0.6 is 23.2 Å². The van der Waals surface area contributed by atoms with Gasteiger partial charge >= 0.3 is 10.3 Å². The summed E-state index contributed by atoms with van der Waals surface area (Å²) in [6, 6.07) is 12.4. The number of nitrogens with zero attached hydrogens (tertiary/aromatic N) is 3. The Balaban J connectivity index is 2.10. The molecule has 3 aromatic rings. The third-order valence-corrected chi connectivity index (χ3v) is 4.81. The fourth-order valence-corrected chi connectivity index (χ4v) is 3.27. The Kier molecular flexibility index (Phi) is 3.90. The summed E-state index contributed by atoms with van der Waals surface area (Å²) >= 11 is 11.6. The Morgan fingerprint density at radius 3 is 2.57 bits per heavy atom. The number of fused-ring (bicyclic) bond motifs is 1. The molecule has 0 fully saturated rings. The summed E-state index contributed by atoms with van der Waals surface area (Å²) in [5, 5.41) is 13.7. The van der Waals surface area contributed by atoms with Gasteiger partial charge < -0.3 is 4.18 Å². The number of para-hydroxylation sites is 1. The summed E-state index contributed by atoms with van der Waals surface area (Å²) in [4.78, 5) is 0. The average Bonchev–Trinajstić information content (AvgIpc) is 2.90. The molecular weight excluding hydrogens is 361 g/mol. The van der Waals surface area contributed by atoms with Gasteiger partial charge in [0.1, 0.15) is 11.8 Å². The lowest BCUT2D eigenvalue weighted by molar-refractivity contribution is 0.471. The van der Waals surface area contributed by atoms with Crippen molar-refractivity contribution in [3.8, 4) is 11.8 Å². The number of hydrogen-bond donors (Lipinski definition) is 0. The minimum atomic E-state index is -4.31. The van der Waals surface area contributed by atoms with Crippen molar-refractivity contribution in [1.29, 1.82) is 5.26 Å². The van der Waals surface area contributed by atoms with Gasteiger partial charge in [0.25, 0.3) is 0 Å². The highest BCUT2D eigenvalue weighted by atomic mass is 35.5. The highest BCUT2D eigenvalue weighted by Gasteiger charge is 2.22. The molecule has 3 rings (SSSR count). The number of benzene rings is 2. The molecule has 116 valence electrons. The van der Waals surface area contributed by atoms with Crippen LogP contribution < -0.4 is 4.18 Å². The summed E-state index contributed by atoms with van der Waals surface area (Å²) in [5.74, 6) is -0.0162. The predicted octanol–water partition coefficient (Wildman–Crippen LogP) is 3.39. The predicted molar refractivity (Wildman–Crippen MR) is 85.9 cm³/mol. The lowest BCUT2D eigenvalue weighted by Crippen LogP contribution is -2.20. The number of aromatic nitrogens is 2. The highest BCUT2D eigenvalue weighted by Crippen LogP contribution is 2.28. The summed E-state index contributed by atoms with van der Waals surface area (Å²) in [5.41, 5.74) is 0.228. The first kappa shape index (κ1) is 15.6. The van der Waals surface area contributed by atoms with Crippen LogP contribution in [0.1, 0.15) is 5.69 Å². The molecule has 1 aromatic heterocycles. The van der Waals surface area contributed by atoms with Gasteiger partial charge in [-0.3, -0.25) is 0 Å². The van der Waals surface area contributed by atoms with Gasteiger partial charge in [0.05, 0.1) is 15.6 Å². The van der Waals surface area contributed by atoms with Crippen LogP contribution in [0, 0.1) is 11.3 Å². The molecule has 9 heteroatoms. The van der Waals surface area contributed by atoms with Crippen molar-refractivity contribution in [1.82, 2.24) is 9.19 Å². The zero-order valence-corrected chi connectivity index (χ0v) is 13.6. The molecule has 1 heterocycles. The van der Waals surface area contributed by atoms with Gasteiger partial charge in [-0.05, 0) is 24.3 Å². The first-order valence-electron chi connectivity index (χ1n) is 6.20. The van der Waals surface area contributed by atoms with Crippen molar-refractivity contribution in [3.05, 3.63) is 58.2 Å². The molecule has 0 bridgehead atoms. The zero-order chi connectivity index (χ0) is 16.6. The smallest absolute Gasteiger partial charge is 0.365 e. The van der Waals surface area contributed by atoms with Crippen molar-refractivity contribution in [2.24, 2.45) is 0 Å². The lowest BCUT2D eigenvalue weighted by atomic mass is 10.2. The van der Waals surface area contributed by atoms with Gasteiger partial charge in [0.2, 0.25) is 0 Å². The molecule has 2 aromatic carbocycles. The van der Waals surface area contributed by atoms with Crippen LogP contribution in [0.25, 0.3) is 10.9 Å². The van der Waals surface area contributed by atoms with Crippen LogP contribution in [0.3, 0.4) is 0 Å². The first-order chi connectivity index (χ1) is 10.9. The third kappa shape index (κ3) is 2.84. The largest absolute Gasteiger partial charge is 0.429 e. The van der Waals surface area contributed by atoms with Crippen LogP contribution in [0.4, 0.5) is 0 Å². The molecule has 0 N–H and O–H groups in total. The van der Waals surface area contributed by atoms with Gasteiger partial charge in [-0.1, -0.05) is 35.3 Å². The molecule has 0 saturated carbocycles. The Labute approximate surface area is 141 Å². The quantitative estimate of drug-likeness (QED) is 0.708. The average molecular weight is 368 g/mol. The van der Waals surface area contributed by atoms with E-state index in [1.807, 2.05) is 6.07 Å². The van der Waals surface area contributed by atoms with E-state index < -0.39 is 10.3 Å². The van der Waals surface area contributed by atoms with Gasteiger partial charge in [-0.2, -0.15) is 13.7 Å². The van der Waals surface area contributed by atoms with E-state index in [0.29, 0.717) is 9.47 Å². The molecule has 6 nitrogen and oxygen atoms in total. The standard InChI is InChI=1S/C14H7Cl2N3O3S/c15-11-6-5-9(7-12(11)16)22-23(20,21)19-14-4-2-1-3-10(14)13(8-17)18-19/h1-7H. The number of nitriles is 1. The summed E-state index contributed by atoms with van der Waals surface area (Å²) in [6.45, 7) is 0. The molecule has 0 aliphatic heterocycles. The minimum Gasteiger partial charge on any atom is -0.365 e. The van der Waals surface area contributed by atoms with Crippen molar-refractivity contribution in [2.45, 2.75) is 0 Å². The second kappa shape index (κ2) is 5.74. The summed E-state index contributed by atoms with van der Waals surface area (Å²) in [7, 11) is -4.31. The zero-order valence-electron chi connectivity index (χ0n) is 11.3. The number of halogens is 2. The molecule has 0 aliphatic rings. The molecule has 23 heavy (non-hydrogen) atoms. The highest BCUT2D eigenvalue weighted by molar-refractivity contribution is 7.85. The second-order valence-electron chi connectivity index (χ2n) is 4.44. The van der Waals surface area contributed by atoms with E-state index in [1.54, 1.807) is 18.2 Å². The normalized spacial score (nSPS) is 11.3. The van der Waals surface area contributed by atoms with E-state index in [2.05, 4.69) is 5.10 Å². The first-order valence-corrected chi connectivity index (χ1v) is 8.32. The van der Waals surface area contributed by atoms with Gasteiger partial charge in [-0.25, -0.2) is 0 Å². The fourth-order valence-electron chi connectivity index (χ4n) is 1.98. The van der Waals surface area contributed by atoms with Crippen LogP contribution in [-0.2, 0) is 10.3 Å². The van der Waals surface area contributed by atoms with Crippen LogP contribution in [0.2, 0.25) is 10.0 Å². The maximum absolute atomic E-state index is 12.4.